The van der Waals surface area contributed by atoms with Crippen LogP contribution in [0.25, 0.3) is 0 Å². The zero-order valence-corrected chi connectivity index (χ0v) is 10.1. The predicted octanol–water partition coefficient (Wildman–Crippen LogP) is 3.89. The van der Waals surface area contributed by atoms with Crippen LogP contribution in [0.5, 0.6) is 0 Å². The smallest absolute Gasteiger partial charge is 0.104 e. The molecule has 0 aromatic heterocycles. The van der Waals surface area contributed by atoms with Gasteiger partial charge in [-0.2, -0.15) is 5.26 Å². The molecule has 15 heavy (non-hydrogen) atoms. The van der Waals surface area contributed by atoms with E-state index >= 15 is 0 Å². The second-order valence-corrected chi connectivity index (χ2v) is 7.52. The third-order valence-corrected chi connectivity index (χ3v) is 6.27. The van der Waals surface area contributed by atoms with Gasteiger partial charge in [0.15, 0.2) is 0 Å². The highest BCUT2D eigenvalue weighted by molar-refractivity contribution is 8.01. The highest BCUT2D eigenvalue weighted by Gasteiger charge is 2.58. The van der Waals surface area contributed by atoms with Gasteiger partial charge in [-0.25, -0.2) is 0 Å². The van der Waals surface area contributed by atoms with Gasteiger partial charge in [-0.15, -0.1) is 11.8 Å². The molecule has 82 valence electrons. The number of nitrogens with zero attached hydrogens (tertiary/aromatic N) is 1. The Kier molecular flexibility index (Phi) is 2.28. The summed E-state index contributed by atoms with van der Waals surface area (Å²) in [6.07, 6.45) is 12.1. The van der Waals surface area contributed by atoms with Crippen molar-refractivity contribution in [3.05, 3.63) is 0 Å². The van der Waals surface area contributed by atoms with Gasteiger partial charge in [0.05, 0.1) is 6.07 Å². The Morgan fingerprint density at radius 3 is 2.20 bits per heavy atom. The van der Waals surface area contributed by atoms with Crippen LogP contribution in [0, 0.1) is 16.7 Å². The normalized spacial score (nSPS) is 31.9. The molecule has 3 fully saturated rings. The second-order valence-electron chi connectivity index (χ2n) is 5.84. The van der Waals surface area contributed by atoms with E-state index in [2.05, 4.69) is 6.07 Å². The fourth-order valence-electron chi connectivity index (χ4n) is 3.70. The Hall–Kier alpha value is -0.160. The van der Waals surface area contributed by atoms with Crippen LogP contribution in [-0.2, 0) is 0 Å². The molecule has 0 aromatic rings. The SMILES string of the molecule is N#CC1(SC2CCCC2)CC2(CCC2)C1. The van der Waals surface area contributed by atoms with Crippen molar-refractivity contribution in [2.24, 2.45) is 5.41 Å². The number of hydrogen-bond acceptors (Lipinski definition) is 2. The van der Waals surface area contributed by atoms with Crippen molar-refractivity contribution in [2.75, 3.05) is 0 Å². The van der Waals surface area contributed by atoms with E-state index in [-0.39, 0.29) is 4.75 Å². The largest absolute Gasteiger partial charge is 0.197 e. The molecule has 3 saturated carbocycles. The van der Waals surface area contributed by atoms with Crippen LogP contribution in [-0.4, -0.2) is 10.00 Å². The fourth-order valence-corrected chi connectivity index (χ4v) is 5.74. The Morgan fingerprint density at radius 1 is 1.07 bits per heavy atom. The first-order valence-electron chi connectivity index (χ1n) is 6.35. The first-order chi connectivity index (χ1) is 7.26. The molecule has 3 rings (SSSR count). The highest BCUT2D eigenvalue weighted by Crippen LogP contribution is 2.65. The highest BCUT2D eigenvalue weighted by atomic mass is 32.2. The van der Waals surface area contributed by atoms with E-state index in [9.17, 15) is 5.26 Å². The van der Waals surface area contributed by atoms with E-state index in [1.165, 1.54) is 57.8 Å². The molecule has 0 bridgehead atoms. The maximum absolute atomic E-state index is 9.38. The maximum atomic E-state index is 9.38. The minimum Gasteiger partial charge on any atom is -0.197 e. The van der Waals surface area contributed by atoms with Crippen molar-refractivity contribution in [3.63, 3.8) is 0 Å². The molecule has 3 aliphatic carbocycles. The zero-order valence-electron chi connectivity index (χ0n) is 9.30. The lowest BCUT2D eigenvalue weighted by atomic mass is 9.52. The minimum absolute atomic E-state index is 0.0371. The molecule has 1 nitrogen and oxygen atoms in total. The van der Waals surface area contributed by atoms with Crippen LogP contribution in [0.15, 0.2) is 0 Å². The lowest BCUT2D eigenvalue weighted by Gasteiger charge is -2.58. The Balaban J connectivity index is 1.60. The van der Waals surface area contributed by atoms with Crippen molar-refractivity contribution in [2.45, 2.75) is 67.8 Å². The molecule has 3 aliphatic rings. The van der Waals surface area contributed by atoms with Gasteiger partial charge in [0.25, 0.3) is 0 Å². The molecular weight excluding hydrogens is 202 g/mol. The summed E-state index contributed by atoms with van der Waals surface area (Å²) in [6.45, 7) is 0. The second kappa shape index (κ2) is 3.42. The van der Waals surface area contributed by atoms with E-state index in [1.807, 2.05) is 11.8 Å². The standard InChI is InChI=1S/C13H19NS/c14-10-13(15-11-4-1-2-5-11)8-12(9-13)6-3-7-12/h11H,1-9H2. The van der Waals surface area contributed by atoms with Crippen LogP contribution in [0.2, 0.25) is 0 Å². The van der Waals surface area contributed by atoms with E-state index < -0.39 is 0 Å². The summed E-state index contributed by atoms with van der Waals surface area (Å²) >= 11 is 2.03. The molecule has 0 N–H and O–H groups in total. The number of nitriles is 1. The first kappa shape index (κ1) is 10.0. The van der Waals surface area contributed by atoms with E-state index in [1.54, 1.807) is 0 Å². The third kappa shape index (κ3) is 1.60. The quantitative estimate of drug-likeness (QED) is 0.706. The molecule has 0 aliphatic heterocycles. The average Bonchev–Trinajstić information content (AvgIpc) is 2.60. The molecule has 1 spiro atoms. The van der Waals surface area contributed by atoms with Gasteiger partial charge in [-0.1, -0.05) is 19.3 Å². The first-order valence-corrected chi connectivity index (χ1v) is 7.23. The molecular formula is C13H19NS. The monoisotopic (exact) mass is 221 g/mol. The topological polar surface area (TPSA) is 23.8 Å². The Morgan fingerprint density at radius 2 is 1.73 bits per heavy atom. The molecule has 0 radical (unpaired) electrons. The molecule has 0 heterocycles. The van der Waals surface area contributed by atoms with Crippen molar-refractivity contribution >= 4 is 11.8 Å². The van der Waals surface area contributed by atoms with Gasteiger partial charge in [0.1, 0.15) is 4.75 Å². The number of hydrogen-bond donors (Lipinski definition) is 0. The predicted molar refractivity (Wildman–Crippen MR) is 63.7 cm³/mol. The third-order valence-electron chi connectivity index (χ3n) is 4.63. The maximum Gasteiger partial charge on any atom is 0.104 e. The fraction of sp³-hybridized carbons (Fsp3) is 0.923. The van der Waals surface area contributed by atoms with Crippen molar-refractivity contribution in [1.29, 1.82) is 5.26 Å². The number of rotatable bonds is 2. The van der Waals surface area contributed by atoms with Gasteiger partial charge < -0.3 is 0 Å². The van der Waals surface area contributed by atoms with Crippen LogP contribution in [0.1, 0.15) is 57.8 Å². The molecule has 2 heteroatoms. The summed E-state index contributed by atoms with van der Waals surface area (Å²) in [6, 6.07) is 2.63. The summed E-state index contributed by atoms with van der Waals surface area (Å²) in [5.41, 5.74) is 0.640. The van der Waals surface area contributed by atoms with Crippen LogP contribution in [0.3, 0.4) is 0 Å². The molecule has 0 amide bonds. The summed E-state index contributed by atoms with van der Waals surface area (Å²) in [7, 11) is 0. The van der Waals surface area contributed by atoms with Gasteiger partial charge in [0.2, 0.25) is 0 Å². The van der Waals surface area contributed by atoms with Crippen molar-refractivity contribution < 1.29 is 0 Å². The Labute approximate surface area is 96.6 Å². The average molecular weight is 221 g/mol. The van der Waals surface area contributed by atoms with Gasteiger partial charge in [0, 0.05) is 5.25 Å². The van der Waals surface area contributed by atoms with Crippen molar-refractivity contribution in [1.82, 2.24) is 0 Å². The summed E-state index contributed by atoms with van der Waals surface area (Å²) in [5.74, 6) is 0. The lowest BCUT2D eigenvalue weighted by molar-refractivity contribution is 0.0150. The Bertz CT molecular complexity index is 286. The van der Waals surface area contributed by atoms with Gasteiger partial charge >= 0.3 is 0 Å². The van der Waals surface area contributed by atoms with Crippen LogP contribution in [0.4, 0.5) is 0 Å². The van der Waals surface area contributed by atoms with Gasteiger partial charge in [-0.05, 0) is 43.9 Å². The summed E-state index contributed by atoms with van der Waals surface area (Å²) in [5, 5.41) is 10.2. The zero-order chi connectivity index (χ0) is 10.4. The van der Waals surface area contributed by atoms with Crippen LogP contribution < -0.4 is 0 Å². The summed E-state index contributed by atoms with van der Waals surface area (Å²) in [4.78, 5) is 0. The molecule has 0 saturated heterocycles. The van der Waals surface area contributed by atoms with E-state index in [0.717, 1.165) is 5.25 Å². The van der Waals surface area contributed by atoms with Crippen LogP contribution >= 0.6 is 11.8 Å². The van der Waals surface area contributed by atoms with Gasteiger partial charge in [-0.3, -0.25) is 0 Å². The summed E-state index contributed by atoms with van der Waals surface area (Å²) < 4.78 is 0.0371. The molecule has 0 atom stereocenters. The lowest BCUT2D eigenvalue weighted by Crippen LogP contribution is -2.53. The molecule has 0 aromatic carbocycles. The number of thioether (sulfide) groups is 1. The van der Waals surface area contributed by atoms with E-state index in [0.29, 0.717) is 5.41 Å². The van der Waals surface area contributed by atoms with E-state index in [4.69, 9.17) is 0 Å². The minimum atomic E-state index is 0.0371. The van der Waals surface area contributed by atoms with Crippen molar-refractivity contribution in [3.8, 4) is 6.07 Å². The molecule has 0 unspecified atom stereocenters.